The van der Waals surface area contributed by atoms with Gasteiger partial charge in [-0.1, -0.05) is 0 Å². The molecule has 1 saturated heterocycles. The van der Waals surface area contributed by atoms with Crippen LogP contribution in [-0.4, -0.2) is 32.7 Å². The summed E-state index contributed by atoms with van der Waals surface area (Å²) in [5, 5.41) is 14.0. The molecule has 0 spiro atoms. The number of nitrogens with two attached hydrogens (primary N) is 2. The lowest BCUT2D eigenvalue weighted by Gasteiger charge is -2.28. The van der Waals surface area contributed by atoms with Gasteiger partial charge in [0.1, 0.15) is 0 Å². The van der Waals surface area contributed by atoms with E-state index in [1.54, 1.807) is 6.07 Å². The molecule has 112 valence electrons. The number of nitrogen functional groups attached to an aromatic ring is 1. The molecule has 0 radical (unpaired) electrons. The molecular formula is C13H21N3O3S. The van der Waals surface area contributed by atoms with E-state index in [1.165, 1.54) is 12.1 Å². The maximum absolute atomic E-state index is 11.3. The molecule has 0 aliphatic carbocycles. The van der Waals surface area contributed by atoms with Gasteiger partial charge in [-0.3, -0.25) is 0 Å². The van der Waals surface area contributed by atoms with E-state index in [9.17, 15) is 8.42 Å². The van der Waals surface area contributed by atoms with Crippen molar-refractivity contribution in [1.82, 2.24) is 0 Å². The SMILES string of the molecule is Nc1cc(S(N)(=O)=O)ccc1N1CCCC1CCCO. The van der Waals surface area contributed by atoms with Crippen molar-refractivity contribution >= 4 is 21.4 Å². The number of benzene rings is 1. The summed E-state index contributed by atoms with van der Waals surface area (Å²) in [7, 11) is -3.72. The fourth-order valence-electron chi connectivity index (χ4n) is 2.75. The first-order valence-electron chi connectivity index (χ1n) is 6.73. The molecule has 1 unspecified atom stereocenters. The van der Waals surface area contributed by atoms with E-state index in [2.05, 4.69) is 4.90 Å². The van der Waals surface area contributed by atoms with E-state index in [4.69, 9.17) is 16.0 Å². The third kappa shape index (κ3) is 3.23. The average molecular weight is 299 g/mol. The molecule has 1 aromatic carbocycles. The Morgan fingerprint density at radius 3 is 2.75 bits per heavy atom. The van der Waals surface area contributed by atoms with Crippen LogP contribution in [0.3, 0.4) is 0 Å². The van der Waals surface area contributed by atoms with Crippen molar-refractivity contribution in [2.75, 3.05) is 23.8 Å². The standard InChI is InChI=1S/C13H21N3O3S/c14-12-9-11(20(15,18)19)5-6-13(12)16-7-1-3-10(16)4-2-8-17/h5-6,9-10,17H,1-4,7-8,14H2,(H2,15,18,19). The minimum absolute atomic E-state index is 0.0323. The van der Waals surface area contributed by atoms with Gasteiger partial charge in [0, 0.05) is 19.2 Å². The molecule has 5 N–H and O–H groups in total. The highest BCUT2D eigenvalue weighted by atomic mass is 32.2. The van der Waals surface area contributed by atoms with Gasteiger partial charge in [-0.05, 0) is 43.9 Å². The Morgan fingerprint density at radius 2 is 2.15 bits per heavy atom. The van der Waals surface area contributed by atoms with Gasteiger partial charge in [0.2, 0.25) is 10.0 Å². The molecule has 2 rings (SSSR count). The Bertz CT molecular complexity index is 574. The van der Waals surface area contributed by atoms with Crippen LogP contribution >= 0.6 is 0 Å². The Labute approximate surface area is 119 Å². The highest BCUT2D eigenvalue weighted by molar-refractivity contribution is 7.89. The van der Waals surface area contributed by atoms with Gasteiger partial charge in [0.25, 0.3) is 0 Å². The fraction of sp³-hybridized carbons (Fsp3) is 0.538. The van der Waals surface area contributed by atoms with Gasteiger partial charge in [-0.2, -0.15) is 0 Å². The predicted molar refractivity (Wildman–Crippen MR) is 78.9 cm³/mol. The quantitative estimate of drug-likeness (QED) is 0.692. The molecule has 1 aliphatic heterocycles. The number of aliphatic hydroxyl groups excluding tert-OH is 1. The number of primary sulfonamides is 1. The molecule has 0 aromatic heterocycles. The second kappa shape index (κ2) is 5.99. The number of hydrogen-bond donors (Lipinski definition) is 3. The van der Waals surface area contributed by atoms with Crippen LogP contribution in [0.25, 0.3) is 0 Å². The van der Waals surface area contributed by atoms with Crippen molar-refractivity contribution in [2.24, 2.45) is 5.14 Å². The second-order valence-electron chi connectivity index (χ2n) is 5.12. The lowest BCUT2D eigenvalue weighted by molar-refractivity contribution is 0.279. The first-order valence-corrected chi connectivity index (χ1v) is 8.28. The first-order chi connectivity index (χ1) is 9.43. The number of anilines is 2. The van der Waals surface area contributed by atoms with Crippen LogP contribution in [0.5, 0.6) is 0 Å². The smallest absolute Gasteiger partial charge is 0.238 e. The average Bonchev–Trinajstić information content (AvgIpc) is 2.83. The Kier molecular flexibility index (Phi) is 4.52. The predicted octanol–water partition coefficient (Wildman–Crippen LogP) is 0.657. The number of sulfonamides is 1. The van der Waals surface area contributed by atoms with Crippen LogP contribution in [-0.2, 0) is 10.0 Å². The first kappa shape index (κ1) is 15.1. The molecule has 20 heavy (non-hydrogen) atoms. The van der Waals surface area contributed by atoms with Crippen LogP contribution in [0.15, 0.2) is 23.1 Å². The lowest BCUT2D eigenvalue weighted by Crippen LogP contribution is -2.30. The zero-order valence-electron chi connectivity index (χ0n) is 11.3. The second-order valence-corrected chi connectivity index (χ2v) is 6.68. The molecule has 1 heterocycles. The highest BCUT2D eigenvalue weighted by Crippen LogP contribution is 2.33. The Balaban J connectivity index is 2.24. The van der Waals surface area contributed by atoms with E-state index >= 15 is 0 Å². The van der Waals surface area contributed by atoms with Crippen molar-refractivity contribution in [1.29, 1.82) is 0 Å². The van der Waals surface area contributed by atoms with Gasteiger partial charge in [0.05, 0.1) is 16.3 Å². The van der Waals surface area contributed by atoms with E-state index in [-0.39, 0.29) is 11.5 Å². The molecule has 7 heteroatoms. The third-order valence-electron chi connectivity index (χ3n) is 3.71. The summed E-state index contributed by atoms with van der Waals surface area (Å²) in [5.74, 6) is 0. The topological polar surface area (TPSA) is 110 Å². The minimum Gasteiger partial charge on any atom is -0.397 e. The van der Waals surface area contributed by atoms with Gasteiger partial charge in [0.15, 0.2) is 0 Å². The molecule has 6 nitrogen and oxygen atoms in total. The summed E-state index contributed by atoms with van der Waals surface area (Å²) < 4.78 is 22.6. The molecule has 1 aliphatic rings. The van der Waals surface area contributed by atoms with Crippen LogP contribution in [0.1, 0.15) is 25.7 Å². The summed E-state index contributed by atoms with van der Waals surface area (Å²) in [4.78, 5) is 2.22. The van der Waals surface area contributed by atoms with Crippen LogP contribution in [0.2, 0.25) is 0 Å². The maximum atomic E-state index is 11.3. The van der Waals surface area contributed by atoms with Crippen molar-refractivity contribution in [3.8, 4) is 0 Å². The summed E-state index contributed by atoms with van der Waals surface area (Å²) in [6, 6.07) is 4.96. The zero-order chi connectivity index (χ0) is 14.8. The van der Waals surface area contributed by atoms with E-state index in [0.29, 0.717) is 11.7 Å². The van der Waals surface area contributed by atoms with Crippen molar-refractivity contribution < 1.29 is 13.5 Å². The van der Waals surface area contributed by atoms with E-state index < -0.39 is 10.0 Å². The van der Waals surface area contributed by atoms with Gasteiger partial charge >= 0.3 is 0 Å². The van der Waals surface area contributed by atoms with Gasteiger partial charge < -0.3 is 15.7 Å². The number of aliphatic hydroxyl groups is 1. The number of rotatable bonds is 5. The van der Waals surface area contributed by atoms with Gasteiger partial charge in [-0.25, -0.2) is 13.6 Å². The number of nitrogens with zero attached hydrogens (tertiary/aromatic N) is 1. The monoisotopic (exact) mass is 299 g/mol. The molecule has 1 aromatic rings. The summed E-state index contributed by atoms with van der Waals surface area (Å²) >= 11 is 0. The maximum Gasteiger partial charge on any atom is 0.238 e. The normalized spacial score (nSPS) is 19.5. The molecule has 0 saturated carbocycles. The van der Waals surface area contributed by atoms with E-state index in [1.807, 2.05) is 0 Å². The summed E-state index contributed by atoms with van der Waals surface area (Å²) in [6.07, 6.45) is 3.81. The van der Waals surface area contributed by atoms with Crippen LogP contribution in [0.4, 0.5) is 11.4 Å². The molecule has 1 fully saturated rings. The fourth-order valence-corrected chi connectivity index (χ4v) is 3.30. The van der Waals surface area contributed by atoms with Crippen molar-refractivity contribution in [3.05, 3.63) is 18.2 Å². The molecule has 0 amide bonds. The van der Waals surface area contributed by atoms with Crippen LogP contribution in [0, 0.1) is 0 Å². The third-order valence-corrected chi connectivity index (χ3v) is 4.62. The molecule has 0 bridgehead atoms. The highest BCUT2D eigenvalue weighted by Gasteiger charge is 2.26. The van der Waals surface area contributed by atoms with Crippen LogP contribution < -0.4 is 15.8 Å². The number of hydrogen-bond acceptors (Lipinski definition) is 5. The zero-order valence-corrected chi connectivity index (χ0v) is 12.1. The minimum atomic E-state index is -3.72. The van der Waals surface area contributed by atoms with Gasteiger partial charge in [-0.15, -0.1) is 0 Å². The summed E-state index contributed by atoms with van der Waals surface area (Å²) in [6.45, 7) is 1.08. The van der Waals surface area contributed by atoms with Crippen molar-refractivity contribution in [2.45, 2.75) is 36.6 Å². The van der Waals surface area contributed by atoms with Crippen molar-refractivity contribution in [3.63, 3.8) is 0 Å². The summed E-state index contributed by atoms with van der Waals surface area (Å²) in [5.41, 5.74) is 7.25. The largest absolute Gasteiger partial charge is 0.397 e. The molecule has 1 atom stereocenters. The van der Waals surface area contributed by atoms with E-state index in [0.717, 1.165) is 37.9 Å². The Hall–Kier alpha value is -1.31. The molecular weight excluding hydrogens is 278 g/mol. The lowest BCUT2D eigenvalue weighted by atomic mass is 10.1. The Morgan fingerprint density at radius 1 is 1.40 bits per heavy atom.